The number of benzene rings is 2. The van der Waals surface area contributed by atoms with Crippen LogP contribution in [-0.4, -0.2) is 29.3 Å². The molecule has 8 nitrogen and oxygen atoms in total. The highest BCUT2D eigenvalue weighted by Gasteiger charge is 2.17. The van der Waals surface area contributed by atoms with Crippen molar-refractivity contribution in [1.29, 1.82) is 0 Å². The highest BCUT2D eigenvalue weighted by atomic mass is 79.9. The summed E-state index contributed by atoms with van der Waals surface area (Å²) in [5.41, 5.74) is 1.60. The summed E-state index contributed by atoms with van der Waals surface area (Å²) < 4.78 is 9.98. The highest BCUT2D eigenvalue weighted by molar-refractivity contribution is 9.10. The number of para-hydroxylation sites is 1. The fraction of sp³-hybridized carbons (Fsp3) is 0.190. The van der Waals surface area contributed by atoms with Gasteiger partial charge >= 0.3 is 0 Å². The lowest BCUT2D eigenvalue weighted by Gasteiger charge is -2.10. The minimum Gasteiger partial charge on any atom is -0.338 e. The van der Waals surface area contributed by atoms with Crippen LogP contribution in [0.3, 0.4) is 0 Å². The summed E-state index contributed by atoms with van der Waals surface area (Å²) in [5.74, 6) is 1.99. The smallest absolute Gasteiger partial charge is 0.262 e. The van der Waals surface area contributed by atoms with E-state index in [2.05, 4.69) is 36.3 Å². The molecule has 0 saturated carbocycles. The van der Waals surface area contributed by atoms with Gasteiger partial charge in [0, 0.05) is 16.6 Å². The Hall–Kier alpha value is -2.98. The molecule has 156 valence electrons. The summed E-state index contributed by atoms with van der Waals surface area (Å²) >= 11 is 4.89. The van der Waals surface area contributed by atoms with E-state index in [1.165, 1.54) is 11.8 Å². The van der Waals surface area contributed by atoms with Gasteiger partial charge in [0.15, 0.2) is 5.16 Å². The molecule has 0 radical (unpaired) electrons. The maximum atomic E-state index is 12.9. The number of halogens is 1. The maximum absolute atomic E-state index is 12.9. The number of hydrogen-bond donors (Lipinski definition) is 0. The summed E-state index contributed by atoms with van der Waals surface area (Å²) in [6.45, 7) is 2.61. The molecule has 0 aliphatic heterocycles. The number of aryl methyl sites for hydroxylation is 1. The van der Waals surface area contributed by atoms with Gasteiger partial charge in [0.25, 0.3) is 5.56 Å². The van der Waals surface area contributed by atoms with Crippen molar-refractivity contribution < 1.29 is 4.52 Å². The summed E-state index contributed by atoms with van der Waals surface area (Å²) in [5, 5.41) is 14.0. The second-order valence-corrected chi connectivity index (χ2v) is 8.76. The van der Waals surface area contributed by atoms with Crippen LogP contribution in [0.15, 0.2) is 67.5 Å². The predicted octanol–water partition coefficient (Wildman–Crippen LogP) is 4.56. The van der Waals surface area contributed by atoms with E-state index in [4.69, 9.17) is 4.52 Å². The lowest BCUT2D eigenvalue weighted by molar-refractivity contribution is 0.391. The Kier molecular flexibility index (Phi) is 5.33. The van der Waals surface area contributed by atoms with Crippen molar-refractivity contribution in [2.75, 3.05) is 0 Å². The van der Waals surface area contributed by atoms with E-state index in [-0.39, 0.29) is 5.56 Å². The first-order valence-corrected chi connectivity index (χ1v) is 11.5. The van der Waals surface area contributed by atoms with E-state index in [1.54, 1.807) is 4.57 Å². The number of thioether (sulfide) groups is 1. The molecule has 10 heteroatoms. The van der Waals surface area contributed by atoms with Crippen molar-refractivity contribution in [3.05, 3.63) is 69.2 Å². The fourth-order valence-corrected chi connectivity index (χ4v) is 4.61. The van der Waals surface area contributed by atoms with Crippen LogP contribution in [0.4, 0.5) is 0 Å². The molecule has 31 heavy (non-hydrogen) atoms. The summed E-state index contributed by atoms with van der Waals surface area (Å²) in [6.07, 6.45) is 0.823. The molecular weight excluding hydrogens is 480 g/mol. The van der Waals surface area contributed by atoms with Gasteiger partial charge in [0.1, 0.15) is 0 Å². The van der Waals surface area contributed by atoms with E-state index in [0.717, 1.165) is 22.0 Å². The third-order valence-electron chi connectivity index (χ3n) is 4.80. The molecule has 0 fully saturated rings. The first-order valence-electron chi connectivity index (χ1n) is 9.73. The maximum Gasteiger partial charge on any atom is 0.262 e. The molecule has 0 aliphatic carbocycles. The van der Waals surface area contributed by atoms with Crippen LogP contribution in [0.25, 0.3) is 28.1 Å². The molecule has 5 rings (SSSR count). The van der Waals surface area contributed by atoms with Crippen LogP contribution in [-0.2, 0) is 12.3 Å². The Morgan fingerprint density at radius 3 is 2.84 bits per heavy atom. The molecule has 2 aromatic carbocycles. The summed E-state index contributed by atoms with van der Waals surface area (Å²) in [4.78, 5) is 17.4. The first-order chi connectivity index (χ1) is 15.2. The van der Waals surface area contributed by atoms with Crippen molar-refractivity contribution >= 4 is 44.4 Å². The van der Waals surface area contributed by atoms with E-state index < -0.39 is 0 Å². The fourth-order valence-electron chi connectivity index (χ4n) is 3.44. The number of nitrogens with zero attached hydrogens (tertiary/aromatic N) is 6. The molecular formula is C21H17BrN6O2S. The van der Waals surface area contributed by atoms with Gasteiger partial charge in [-0.05, 0) is 30.7 Å². The van der Waals surface area contributed by atoms with Gasteiger partial charge in [-0.2, -0.15) is 4.98 Å². The Balaban J connectivity index is 1.50. The quantitative estimate of drug-likeness (QED) is 0.318. The molecule has 0 N–H and O–H groups in total. The van der Waals surface area contributed by atoms with Crippen molar-refractivity contribution in [2.45, 2.75) is 30.8 Å². The molecule has 0 amide bonds. The van der Waals surface area contributed by atoms with Gasteiger partial charge in [-0.25, -0.2) is 0 Å². The van der Waals surface area contributed by atoms with Crippen molar-refractivity contribution in [2.24, 2.45) is 0 Å². The zero-order valence-corrected chi connectivity index (χ0v) is 18.9. The van der Waals surface area contributed by atoms with Gasteiger partial charge < -0.3 is 4.52 Å². The molecule has 0 unspecified atom stereocenters. The van der Waals surface area contributed by atoms with Gasteiger partial charge in [0.2, 0.25) is 17.5 Å². The summed E-state index contributed by atoms with van der Waals surface area (Å²) in [6, 6.07) is 15.2. The third-order valence-corrected chi connectivity index (χ3v) is 6.21. The average molecular weight is 497 g/mol. The van der Waals surface area contributed by atoms with E-state index in [0.29, 0.717) is 40.3 Å². The third kappa shape index (κ3) is 3.66. The van der Waals surface area contributed by atoms with E-state index in [9.17, 15) is 4.79 Å². The van der Waals surface area contributed by atoms with Crippen molar-refractivity contribution in [3.8, 4) is 11.4 Å². The monoisotopic (exact) mass is 496 g/mol. The van der Waals surface area contributed by atoms with E-state index in [1.807, 2.05) is 59.9 Å². The molecule has 3 heterocycles. The van der Waals surface area contributed by atoms with Crippen LogP contribution in [0, 0.1) is 0 Å². The molecule has 3 aromatic heterocycles. The Labute approximate surface area is 189 Å². The number of fused-ring (bicyclic) bond motifs is 3. The molecule has 5 aromatic rings. The van der Waals surface area contributed by atoms with E-state index >= 15 is 0 Å². The second kappa shape index (κ2) is 8.27. The minimum absolute atomic E-state index is 0.0514. The Morgan fingerprint density at radius 2 is 2.00 bits per heavy atom. The molecule has 0 bridgehead atoms. The largest absolute Gasteiger partial charge is 0.338 e. The Bertz CT molecular complexity index is 1460. The molecule has 0 atom stereocenters. The van der Waals surface area contributed by atoms with Crippen LogP contribution >= 0.6 is 27.7 Å². The number of rotatable bonds is 6. The minimum atomic E-state index is -0.0514. The SMILES string of the molecule is CCCn1c(=O)c2ccccc2n2c(SCc3nc(-c4cccc(Br)c4)no3)nnc12. The number of hydrogen-bond acceptors (Lipinski definition) is 7. The van der Waals surface area contributed by atoms with Crippen molar-refractivity contribution in [1.82, 2.24) is 29.3 Å². The van der Waals surface area contributed by atoms with Gasteiger partial charge in [-0.15, -0.1) is 10.2 Å². The van der Waals surface area contributed by atoms with Crippen LogP contribution in [0.1, 0.15) is 19.2 Å². The first kappa shape index (κ1) is 20.0. The van der Waals surface area contributed by atoms with Crippen LogP contribution in [0.5, 0.6) is 0 Å². The average Bonchev–Trinajstić information content (AvgIpc) is 3.42. The highest BCUT2D eigenvalue weighted by Crippen LogP contribution is 2.26. The van der Waals surface area contributed by atoms with Crippen LogP contribution in [0.2, 0.25) is 0 Å². The molecule has 0 saturated heterocycles. The summed E-state index contributed by atoms with van der Waals surface area (Å²) in [7, 11) is 0. The normalized spacial score (nSPS) is 11.5. The van der Waals surface area contributed by atoms with Gasteiger partial charge in [-0.3, -0.25) is 13.8 Å². The zero-order chi connectivity index (χ0) is 21.4. The molecule has 0 aliphatic rings. The lowest BCUT2D eigenvalue weighted by Crippen LogP contribution is -2.23. The topological polar surface area (TPSA) is 91.1 Å². The predicted molar refractivity (Wildman–Crippen MR) is 122 cm³/mol. The lowest BCUT2D eigenvalue weighted by atomic mass is 10.2. The van der Waals surface area contributed by atoms with Crippen molar-refractivity contribution in [3.63, 3.8) is 0 Å². The second-order valence-electron chi connectivity index (χ2n) is 6.90. The zero-order valence-electron chi connectivity index (χ0n) is 16.5. The van der Waals surface area contributed by atoms with Crippen LogP contribution < -0.4 is 5.56 Å². The molecule has 0 spiro atoms. The van der Waals surface area contributed by atoms with Gasteiger partial charge in [-0.1, -0.05) is 64.0 Å². The standard InChI is InChI=1S/C21H17BrN6O2S/c1-2-10-27-19(29)15-8-3-4-9-16(15)28-20(27)24-25-21(28)31-12-17-23-18(26-30-17)13-6-5-7-14(22)11-13/h3-9,11H,2,10,12H2,1H3. The van der Waals surface area contributed by atoms with Gasteiger partial charge in [0.05, 0.1) is 16.7 Å². The Morgan fingerprint density at radius 1 is 1.13 bits per heavy atom. The number of aromatic nitrogens is 6.